The number of carbonyl (C=O) groups is 2. The Balaban J connectivity index is 1.40. The van der Waals surface area contributed by atoms with Crippen LogP contribution in [0.15, 0.2) is 106 Å². The summed E-state index contributed by atoms with van der Waals surface area (Å²) in [4.78, 5) is 40.4. The van der Waals surface area contributed by atoms with Gasteiger partial charge in [0.15, 0.2) is 11.9 Å². The number of benzene rings is 4. The first kappa shape index (κ1) is 36.0. The first-order valence-electron chi connectivity index (χ1n) is 16.0. The summed E-state index contributed by atoms with van der Waals surface area (Å²) in [6, 6.07) is 19.2. The van der Waals surface area contributed by atoms with E-state index in [9.17, 15) is 45.0 Å². The van der Waals surface area contributed by atoms with Crippen LogP contribution in [0.25, 0.3) is 34.4 Å². The molecule has 53 heavy (non-hydrogen) atoms. The van der Waals surface area contributed by atoms with Crippen LogP contribution in [0.4, 0.5) is 0 Å². The quantitative estimate of drug-likeness (QED) is 0.0894. The van der Waals surface area contributed by atoms with E-state index < -0.39 is 65.3 Å². The molecular formula is C39H32O14. The monoisotopic (exact) mass is 724 g/mol. The first-order valence-corrected chi connectivity index (χ1v) is 16.0. The van der Waals surface area contributed by atoms with Crippen molar-refractivity contribution in [3.8, 4) is 45.8 Å². The second kappa shape index (κ2) is 15.2. The molecule has 6 N–H and O–H groups in total. The van der Waals surface area contributed by atoms with Gasteiger partial charge in [0.2, 0.25) is 23.6 Å². The summed E-state index contributed by atoms with van der Waals surface area (Å²) < 4.78 is 29.3. The molecule has 1 saturated heterocycles. The van der Waals surface area contributed by atoms with Gasteiger partial charge >= 0.3 is 11.9 Å². The molecule has 0 unspecified atom stereocenters. The van der Waals surface area contributed by atoms with Crippen molar-refractivity contribution in [2.75, 3.05) is 0 Å². The molecule has 0 saturated carbocycles. The van der Waals surface area contributed by atoms with Gasteiger partial charge in [-0.25, -0.2) is 9.59 Å². The van der Waals surface area contributed by atoms with Gasteiger partial charge in [-0.05, 0) is 78.7 Å². The molecule has 5 aromatic rings. The Kier molecular flexibility index (Phi) is 10.4. The smallest absolute Gasteiger partial charge is 0.331 e. The molecule has 2 heterocycles. The maximum atomic E-state index is 14.0. The lowest BCUT2D eigenvalue weighted by molar-refractivity contribution is -0.276. The Hall–Kier alpha value is -6.77. The van der Waals surface area contributed by atoms with Crippen molar-refractivity contribution in [1.29, 1.82) is 0 Å². The van der Waals surface area contributed by atoms with Gasteiger partial charge in [0.05, 0.1) is 6.10 Å². The molecule has 1 aliphatic rings. The van der Waals surface area contributed by atoms with Gasteiger partial charge in [0.1, 0.15) is 45.8 Å². The minimum Gasteiger partial charge on any atom is -0.508 e. The molecule has 0 aliphatic carbocycles. The highest BCUT2D eigenvalue weighted by Crippen LogP contribution is 2.38. The van der Waals surface area contributed by atoms with Gasteiger partial charge in [-0.1, -0.05) is 24.3 Å². The largest absolute Gasteiger partial charge is 0.508 e. The van der Waals surface area contributed by atoms with Crippen LogP contribution in [0.1, 0.15) is 18.1 Å². The molecule has 1 aliphatic heterocycles. The number of carbonyl (C=O) groups excluding carboxylic acids is 2. The number of rotatable bonds is 9. The summed E-state index contributed by atoms with van der Waals surface area (Å²) in [5.41, 5.74) is 0.103. The molecule has 4 aromatic carbocycles. The maximum absolute atomic E-state index is 14.0. The van der Waals surface area contributed by atoms with Crippen molar-refractivity contribution >= 4 is 35.1 Å². The molecule has 14 heteroatoms. The standard InChI is InChI=1S/C39H32O14/c1-20-33(47)36(51-30(45)16-6-21-2-10-24(40)11-3-21)38(52-31(46)17-7-22-4-12-25(41)13-5-22)39(49-20)53-37-34(48)32-28(44)18-27(43)19-29(32)50-35(37)23-8-14-26(42)15-9-23/h2-20,33,36,38-44,47H,1H3/b16-6+,17-7+/t20-,33-,36+,38+,39-/m1/s1. The summed E-state index contributed by atoms with van der Waals surface area (Å²) in [7, 11) is 0. The highest BCUT2D eigenvalue weighted by molar-refractivity contribution is 5.89. The normalized spacial score (nSPS) is 20.1. The van der Waals surface area contributed by atoms with Crippen molar-refractivity contribution in [2.24, 2.45) is 0 Å². The molecular weight excluding hydrogens is 692 g/mol. The van der Waals surface area contributed by atoms with Crippen LogP contribution in [0.2, 0.25) is 0 Å². The van der Waals surface area contributed by atoms with E-state index >= 15 is 0 Å². The van der Waals surface area contributed by atoms with E-state index in [4.69, 9.17) is 23.4 Å². The van der Waals surface area contributed by atoms with Crippen LogP contribution in [-0.2, 0) is 23.8 Å². The summed E-state index contributed by atoms with van der Waals surface area (Å²) in [5.74, 6) is -3.89. The highest BCUT2D eigenvalue weighted by atomic mass is 16.7. The predicted octanol–water partition coefficient (Wildman–Crippen LogP) is 4.72. The predicted molar refractivity (Wildman–Crippen MR) is 188 cm³/mol. The third-order valence-corrected chi connectivity index (χ3v) is 8.15. The summed E-state index contributed by atoms with van der Waals surface area (Å²) in [6.45, 7) is 1.43. The number of phenols is 5. The summed E-state index contributed by atoms with van der Waals surface area (Å²) in [6.07, 6.45) is -3.00. The van der Waals surface area contributed by atoms with Gasteiger partial charge < -0.3 is 54.0 Å². The average molecular weight is 725 g/mol. The molecule has 0 amide bonds. The molecule has 6 rings (SSSR count). The van der Waals surface area contributed by atoms with E-state index in [1.807, 2.05) is 0 Å². The Bertz CT molecular complexity index is 2240. The average Bonchev–Trinajstić information content (AvgIpc) is 3.12. The zero-order chi connectivity index (χ0) is 37.8. The van der Waals surface area contributed by atoms with E-state index in [2.05, 4.69) is 0 Å². The van der Waals surface area contributed by atoms with Crippen LogP contribution in [0.5, 0.6) is 34.5 Å². The van der Waals surface area contributed by atoms with Gasteiger partial charge in [-0.2, -0.15) is 0 Å². The third kappa shape index (κ3) is 8.25. The Morgan fingerprint density at radius 1 is 0.698 bits per heavy atom. The molecule has 5 atom stereocenters. The Morgan fingerprint density at radius 2 is 1.21 bits per heavy atom. The molecule has 0 spiro atoms. The number of hydrogen-bond donors (Lipinski definition) is 6. The van der Waals surface area contributed by atoms with Crippen LogP contribution in [0.3, 0.4) is 0 Å². The second-order valence-electron chi connectivity index (χ2n) is 11.9. The number of phenolic OH excluding ortho intramolecular Hbond substituents is 5. The molecule has 14 nitrogen and oxygen atoms in total. The van der Waals surface area contributed by atoms with E-state index in [0.29, 0.717) is 11.1 Å². The molecule has 1 fully saturated rings. The molecule has 272 valence electrons. The van der Waals surface area contributed by atoms with Crippen LogP contribution in [0, 0.1) is 0 Å². The molecule has 0 radical (unpaired) electrons. The maximum Gasteiger partial charge on any atom is 0.331 e. The topological polar surface area (TPSA) is 223 Å². The van der Waals surface area contributed by atoms with Crippen LogP contribution in [-0.4, -0.2) is 73.3 Å². The fraction of sp³-hybridized carbons (Fsp3) is 0.154. The molecule has 1 aromatic heterocycles. The van der Waals surface area contributed by atoms with E-state index in [1.165, 1.54) is 79.7 Å². The van der Waals surface area contributed by atoms with E-state index in [1.54, 1.807) is 12.1 Å². The minimum absolute atomic E-state index is 0.00579. The number of fused-ring (bicyclic) bond motifs is 1. The van der Waals surface area contributed by atoms with Gasteiger partial charge in [-0.3, -0.25) is 4.79 Å². The van der Waals surface area contributed by atoms with Gasteiger partial charge in [0, 0.05) is 29.8 Å². The van der Waals surface area contributed by atoms with E-state index in [0.717, 1.165) is 24.3 Å². The molecule has 0 bridgehead atoms. The third-order valence-electron chi connectivity index (χ3n) is 8.15. The number of hydrogen-bond acceptors (Lipinski definition) is 14. The van der Waals surface area contributed by atoms with Crippen molar-refractivity contribution in [3.63, 3.8) is 0 Å². The summed E-state index contributed by atoms with van der Waals surface area (Å²) >= 11 is 0. The minimum atomic E-state index is -1.76. The van der Waals surface area contributed by atoms with E-state index in [-0.39, 0.29) is 39.5 Å². The van der Waals surface area contributed by atoms with Crippen molar-refractivity contribution < 1.29 is 63.6 Å². The Labute approximate surface area is 300 Å². The van der Waals surface area contributed by atoms with Crippen LogP contribution < -0.4 is 10.2 Å². The lowest BCUT2D eigenvalue weighted by Crippen LogP contribution is -2.61. The lowest BCUT2D eigenvalue weighted by Gasteiger charge is -2.41. The number of aromatic hydroxyl groups is 5. The number of ether oxygens (including phenoxy) is 4. The van der Waals surface area contributed by atoms with Gasteiger partial charge in [-0.15, -0.1) is 0 Å². The number of aliphatic hydroxyl groups excluding tert-OH is 1. The van der Waals surface area contributed by atoms with Gasteiger partial charge in [0.25, 0.3) is 0 Å². The zero-order valence-electron chi connectivity index (χ0n) is 27.7. The van der Waals surface area contributed by atoms with Crippen LogP contribution >= 0.6 is 0 Å². The number of aliphatic hydroxyl groups is 1. The number of esters is 2. The lowest BCUT2D eigenvalue weighted by atomic mass is 9.99. The summed E-state index contributed by atoms with van der Waals surface area (Å²) in [5, 5.41) is 60.6. The fourth-order valence-electron chi connectivity index (χ4n) is 5.48. The highest BCUT2D eigenvalue weighted by Gasteiger charge is 2.50. The van der Waals surface area contributed by atoms with Crippen molar-refractivity contribution in [1.82, 2.24) is 0 Å². The second-order valence-corrected chi connectivity index (χ2v) is 11.9. The fourth-order valence-corrected chi connectivity index (χ4v) is 5.48. The zero-order valence-corrected chi connectivity index (χ0v) is 27.7. The van der Waals surface area contributed by atoms with Crippen molar-refractivity contribution in [3.05, 3.63) is 118 Å². The van der Waals surface area contributed by atoms with Crippen molar-refractivity contribution in [2.45, 2.75) is 37.6 Å². The Morgan fingerprint density at radius 3 is 1.75 bits per heavy atom. The first-order chi connectivity index (χ1) is 25.4. The SMILES string of the molecule is C[C@H]1O[C@H](Oc2c(-c3ccc(O)cc3)oc3cc(O)cc(O)c3c2=O)[C@@H](OC(=O)/C=C/c2ccc(O)cc2)[C@@H](OC(=O)/C=C/c2ccc(O)cc2)[C@@H]1O.